The molecule has 2 N–H and O–H groups in total. The van der Waals surface area contributed by atoms with Gasteiger partial charge in [-0.15, -0.1) is 12.4 Å². The highest BCUT2D eigenvalue weighted by atomic mass is 35.5. The summed E-state index contributed by atoms with van der Waals surface area (Å²) < 4.78 is 5.20. The zero-order valence-corrected chi connectivity index (χ0v) is 11.4. The Kier molecular flexibility index (Phi) is 5.31. The monoisotopic (exact) mass is 267 g/mol. The predicted molar refractivity (Wildman–Crippen MR) is 73.4 cm³/mol. The standard InChI is InChI=1S/C13H17N3O.ClH/c1-9(2)7-12-15-13(16-17-12)11-5-3-10(8-14)4-6-11;/h3-6,9H,7-8,14H2,1-2H3;1H. The first kappa shape index (κ1) is 14.7. The van der Waals surface area contributed by atoms with E-state index in [9.17, 15) is 0 Å². The fourth-order valence-electron chi connectivity index (χ4n) is 1.59. The normalized spacial score (nSPS) is 10.4. The van der Waals surface area contributed by atoms with Crippen LogP contribution in [0.15, 0.2) is 28.8 Å². The molecule has 0 radical (unpaired) electrons. The molecule has 1 aromatic heterocycles. The molecule has 5 heteroatoms. The largest absolute Gasteiger partial charge is 0.339 e. The molecule has 1 aromatic carbocycles. The summed E-state index contributed by atoms with van der Waals surface area (Å²) in [7, 11) is 0. The van der Waals surface area contributed by atoms with Gasteiger partial charge in [0.15, 0.2) is 0 Å². The Morgan fingerprint density at radius 3 is 2.44 bits per heavy atom. The van der Waals surface area contributed by atoms with Crippen molar-refractivity contribution in [3.8, 4) is 11.4 Å². The first-order valence-corrected chi connectivity index (χ1v) is 5.81. The van der Waals surface area contributed by atoms with Gasteiger partial charge >= 0.3 is 0 Å². The van der Waals surface area contributed by atoms with Crippen molar-refractivity contribution in [1.29, 1.82) is 0 Å². The summed E-state index contributed by atoms with van der Waals surface area (Å²) in [6, 6.07) is 7.89. The van der Waals surface area contributed by atoms with Crippen molar-refractivity contribution >= 4 is 12.4 Å². The maximum Gasteiger partial charge on any atom is 0.227 e. The predicted octanol–water partition coefficient (Wildman–Crippen LogP) is 2.82. The van der Waals surface area contributed by atoms with Gasteiger partial charge in [0.1, 0.15) is 0 Å². The SMILES string of the molecule is CC(C)Cc1nc(-c2ccc(CN)cc2)no1.Cl. The van der Waals surface area contributed by atoms with Crippen LogP contribution >= 0.6 is 12.4 Å². The van der Waals surface area contributed by atoms with E-state index < -0.39 is 0 Å². The van der Waals surface area contributed by atoms with Crippen LogP contribution in [0.2, 0.25) is 0 Å². The van der Waals surface area contributed by atoms with Gasteiger partial charge in [-0.3, -0.25) is 0 Å². The van der Waals surface area contributed by atoms with E-state index in [4.69, 9.17) is 10.3 Å². The zero-order valence-electron chi connectivity index (χ0n) is 10.6. The molecule has 0 saturated heterocycles. The van der Waals surface area contributed by atoms with Crippen molar-refractivity contribution < 1.29 is 4.52 Å². The van der Waals surface area contributed by atoms with Crippen LogP contribution in [-0.2, 0) is 13.0 Å². The van der Waals surface area contributed by atoms with Crippen molar-refractivity contribution in [2.24, 2.45) is 11.7 Å². The second-order valence-corrected chi connectivity index (χ2v) is 4.51. The lowest BCUT2D eigenvalue weighted by Gasteiger charge is -1.98. The molecule has 0 aliphatic carbocycles. The smallest absolute Gasteiger partial charge is 0.227 e. The molecule has 0 aliphatic rings. The third kappa shape index (κ3) is 3.55. The minimum absolute atomic E-state index is 0. The first-order chi connectivity index (χ1) is 8.19. The molecule has 0 fully saturated rings. The van der Waals surface area contributed by atoms with Gasteiger partial charge in [0.05, 0.1) is 0 Å². The Bertz CT molecular complexity index is 479. The van der Waals surface area contributed by atoms with Crippen LogP contribution in [0.5, 0.6) is 0 Å². The second kappa shape index (κ2) is 6.52. The number of hydrogen-bond acceptors (Lipinski definition) is 4. The molecule has 0 spiro atoms. The highest BCUT2D eigenvalue weighted by Gasteiger charge is 2.09. The fourth-order valence-corrected chi connectivity index (χ4v) is 1.59. The van der Waals surface area contributed by atoms with Gasteiger partial charge in [0.2, 0.25) is 11.7 Å². The summed E-state index contributed by atoms with van der Waals surface area (Å²) in [6.45, 7) is 4.80. The Morgan fingerprint density at radius 1 is 1.22 bits per heavy atom. The van der Waals surface area contributed by atoms with Crippen molar-refractivity contribution in [1.82, 2.24) is 10.1 Å². The highest BCUT2D eigenvalue weighted by molar-refractivity contribution is 5.85. The van der Waals surface area contributed by atoms with Gasteiger partial charge in [0, 0.05) is 18.5 Å². The van der Waals surface area contributed by atoms with Crippen LogP contribution < -0.4 is 5.73 Å². The lowest BCUT2D eigenvalue weighted by Crippen LogP contribution is -1.95. The summed E-state index contributed by atoms with van der Waals surface area (Å²) in [4.78, 5) is 4.37. The Morgan fingerprint density at radius 2 is 1.89 bits per heavy atom. The number of nitrogens with two attached hydrogens (primary N) is 1. The van der Waals surface area contributed by atoms with Crippen LogP contribution in [0, 0.1) is 5.92 Å². The summed E-state index contributed by atoms with van der Waals surface area (Å²) in [5.74, 6) is 1.85. The maximum absolute atomic E-state index is 5.55. The van der Waals surface area contributed by atoms with Gasteiger partial charge in [0.25, 0.3) is 0 Å². The van der Waals surface area contributed by atoms with E-state index in [0.717, 1.165) is 17.5 Å². The van der Waals surface area contributed by atoms with Gasteiger partial charge in [-0.25, -0.2) is 0 Å². The van der Waals surface area contributed by atoms with Crippen molar-refractivity contribution in [2.45, 2.75) is 26.8 Å². The third-order valence-corrected chi connectivity index (χ3v) is 2.50. The van der Waals surface area contributed by atoms with Gasteiger partial charge in [-0.2, -0.15) is 4.98 Å². The quantitative estimate of drug-likeness (QED) is 0.925. The van der Waals surface area contributed by atoms with E-state index in [1.54, 1.807) is 0 Å². The van der Waals surface area contributed by atoms with E-state index in [1.807, 2.05) is 24.3 Å². The summed E-state index contributed by atoms with van der Waals surface area (Å²) >= 11 is 0. The first-order valence-electron chi connectivity index (χ1n) is 5.81. The van der Waals surface area contributed by atoms with E-state index >= 15 is 0 Å². The molecule has 1 heterocycles. The van der Waals surface area contributed by atoms with Crippen LogP contribution in [0.3, 0.4) is 0 Å². The highest BCUT2D eigenvalue weighted by Crippen LogP contribution is 2.17. The van der Waals surface area contributed by atoms with Crippen LogP contribution in [-0.4, -0.2) is 10.1 Å². The lowest BCUT2D eigenvalue weighted by molar-refractivity contribution is 0.363. The maximum atomic E-state index is 5.55. The van der Waals surface area contributed by atoms with Gasteiger partial charge in [-0.05, 0) is 11.5 Å². The van der Waals surface area contributed by atoms with E-state index in [1.165, 1.54) is 0 Å². The third-order valence-electron chi connectivity index (χ3n) is 2.50. The minimum atomic E-state index is 0. The van der Waals surface area contributed by atoms with E-state index in [2.05, 4.69) is 24.0 Å². The molecule has 2 rings (SSSR count). The molecular weight excluding hydrogens is 250 g/mol. The number of hydrogen-bond donors (Lipinski definition) is 1. The molecule has 98 valence electrons. The van der Waals surface area contributed by atoms with Gasteiger partial charge < -0.3 is 10.3 Å². The molecule has 0 amide bonds. The second-order valence-electron chi connectivity index (χ2n) is 4.51. The number of halogens is 1. The number of benzene rings is 1. The topological polar surface area (TPSA) is 64.9 Å². The molecule has 0 aliphatic heterocycles. The van der Waals surface area contributed by atoms with Gasteiger partial charge in [-0.1, -0.05) is 43.3 Å². The fraction of sp³-hybridized carbons (Fsp3) is 0.385. The molecular formula is C13H18ClN3O. The molecule has 2 aromatic rings. The van der Waals surface area contributed by atoms with Crippen molar-refractivity contribution in [3.05, 3.63) is 35.7 Å². The average molecular weight is 268 g/mol. The number of nitrogens with zero attached hydrogens (tertiary/aromatic N) is 2. The Labute approximate surface area is 113 Å². The Hall–Kier alpha value is -1.39. The number of aromatic nitrogens is 2. The summed E-state index contributed by atoms with van der Waals surface area (Å²) in [5, 5.41) is 3.98. The summed E-state index contributed by atoms with van der Waals surface area (Å²) in [5.41, 5.74) is 7.60. The van der Waals surface area contributed by atoms with Crippen LogP contribution in [0.1, 0.15) is 25.3 Å². The minimum Gasteiger partial charge on any atom is -0.339 e. The van der Waals surface area contributed by atoms with Crippen molar-refractivity contribution in [2.75, 3.05) is 0 Å². The molecule has 0 bridgehead atoms. The molecule has 0 saturated carbocycles. The Balaban J connectivity index is 0.00000162. The summed E-state index contributed by atoms with van der Waals surface area (Å²) in [6.07, 6.45) is 0.813. The zero-order chi connectivity index (χ0) is 12.3. The molecule has 0 unspecified atom stereocenters. The molecule has 4 nitrogen and oxygen atoms in total. The van der Waals surface area contributed by atoms with Crippen molar-refractivity contribution in [3.63, 3.8) is 0 Å². The van der Waals surface area contributed by atoms with Crippen LogP contribution in [0.4, 0.5) is 0 Å². The molecule has 18 heavy (non-hydrogen) atoms. The lowest BCUT2D eigenvalue weighted by atomic mass is 10.1. The van der Waals surface area contributed by atoms with Crippen LogP contribution in [0.25, 0.3) is 11.4 Å². The average Bonchev–Trinajstić information content (AvgIpc) is 2.77. The van der Waals surface area contributed by atoms with E-state index in [0.29, 0.717) is 24.2 Å². The van der Waals surface area contributed by atoms with E-state index in [-0.39, 0.29) is 12.4 Å². The number of rotatable bonds is 4. The molecule has 0 atom stereocenters.